The highest BCUT2D eigenvalue weighted by atomic mass is 16.6. The number of amides is 2. The number of nitrogens with zero attached hydrogens (tertiary/aromatic N) is 1. The van der Waals surface area contributed by atoms with E-state index in [1.165, 1.54) is 11.9 Å². The van der Waals surface area contributed by atoms with Gasteiger partial charge < -0.3 is 9.47 Å². The van der Waals surface area contributed by atoms with Crippen LogP contribution in [0.4, 0.5) is 0 Å². The smallest absolute Gasteiger partial charge is 0.260 e. The quantitative estimate of drug-likeness (QED) is 0.772. The molecule has 112 valence electrons. The highest BCUT2D eigenvalue weighted by Crippen LogP contribution is 2.38. The van der Waals surface area contributed by atoms with Gasteiger partial charge in [0.05, 0.1) is 31.3 Å². The Morgan fingerprint density at radius 3 is 2.76 bits per heavy atom. The summed E-state index contributed by atoms with van der Waals surface area (Å²) < 4.78 is 11.1. The lowest BCUT2D eigenvalue weighted by Gasteiger charge is -2.40. The molecule has 0 N–H and O–H groups in total. The van der Waals surface area contributed by atoms with Crippen molar-refractivity contribution in [2.45, 2.75) is 24.9 Å². The Morgan fingerprint density at radius 2 is 2.05 bits per heavy atom. The molecule has 1 aromatic carbocycles. The number of likely N-dealkylation sites (N-methyl/N-ethyl adjacent to an activating group) is 1. The zero-order valence-corrected chi connectivity index (χ0v) is 12.3. The number of carbonyl (C=O) groups is 2. The Balaban J connectivity index is 2.00. The molecule has 0 radical (unpaired) electrons. The molecular formula is C16H19NO4. The molecule has 1 saturated heterocycles. The topological polar surface area (TPSA) is 55.8 Å². The van der Waals surface area contributed by atoms with Crippen LogP contribution in [-0.4, -0.2) is 49.7 Å². The van der Waals surface area contributed by atoms with E-state index < -0.39 is 5.41 Å². The zero-order chi connectivity index (χ0) is 15.0. The van der Waals surface area contributed by atoms with Crippen LogP contribution in [0.5, 0.6) is 0 Å². The fourth-order valence-electron chi connectivity index (χ4n) is 3.22. The number of imide groups is 1. The minimum Gasteiger partial charge on any atom is -0.376 e. The Morgan fingerprint density at radius 1 is 1.29 bits per heavy atom. The van der Waals surface area contributed by atoms with Gasteiger partial charge in [-0.2, -0.15) is 0 Å². The molecule has 0 saturated carbocycles. The Kier molecular flexibility index (Phi) is 3.55. The minimum absolute atomic E-state index is 0.123. The molecule has 2 aliphatic rings. The van der Waals surface area contributed by atoms with Crippen LogP contribution in [-0.2, 0) is 19.7 Å². The standard InChI is InChI=1S/C16H19NO4/c1-16(9-11-10-20-7-8-21-11)13-6-4-3-5-12(13)14(18)17(2)15(16)19/h3-6,11H,7-10H2,1-2H3. The summed E-state index contributed by atoms with van der Waals surface area (Å²) >= 11 is 0. The number of carbonyl (C=O) groups excluding carboxylic acids is 2. The molecule has 5 nitrogen and oxygen atoms in total. The summed E-state index contributed by atoms with van der Waals surface area (Å²) in [6.45, 7) is 3.51. The number of hydrogen-bond acceptors (Lipinski definition) is 4. The van der Waals surface area contributed by atoms with Gasteiger partial charge in [-0.3, -0.25) is 14.5 Å². The van der Waals surface area contributed by atoms with Gasteiger partial charge in [-0.25, -0.2) is 0 Å². The van der Waals surface area contributed by atoms with Crippen molar-refractivity contribution >= 4 is 11.8 Å². The molecule has 2 unspecified atom stereocenters. The SMILES string of the molecule is CN1C(=O)c2ccccc2C(C)(CC2COCCO2)C1=O. The molecule has 1 fully saturated rings. The highest BCUT2D eigenvalue weighted by molar-refractivity contribution is 6.12. The summed E-state index contributed by atoms with van der Waals surface area (Å²) in [6.07, 6.45) is 0.392. The number of hydrogen-bond donors (Lipinski definition) is 0. The fourth-order valence-corrected chi connectivity index (χ4v) is 3.22. The lowest BCUT2D eigenvalue weighted by Crippen LogP contribution is -2.53. The van der Waals surface area contributed by atoms with Crippen molar-refractivity contribution in [3.8, 4) is 0 Å². The van der Waals surface area contributed by atoms with Crippen molar-refractivity contribution in [2.75, 3.05) is 26.9 Å². The van der Waals surface area contributed by atoms with Gasteiger partial charge in [0.2, 0.25) is 5.91 Å². The molecule has 5 heteroatoms. The lowest BCUT2D eigenvalue weighted by atomic mass is 9.72. The molecule has 0 spiro atoms. The van der Waals surface area contributed by atoms with E-state index in [0.717, 1.165) is 5.56 Å². The average Bonchev–Trinajstić information content (AvgIpc) is 2.52. The maximum absolute atomic E-state index is 12.7. The molecule has 0 aromatic heterocycles. The van der Waals surface area contributed by atoms with Gasteiger partial charge in [-0.15, -0.1) is 0 Å². The molecule has 2 heterocycles. The lowest BCUT2D eigenvalue weighted by molar-refractivity contribution is -0.139. The van der Waals surface area contributed by atoms with Gasteiger partial charge in [0.15, 0.2) is 0 Å². The minimum atomic E-state index is -0.759. The van der Waals surface area contributed by atoms with Crippen molar-refractivity contribution in [1.82, 2.24) is 4.90 Å². The van der Waals surface area contributed by atoms with E-state index in [0.29, 0.717) is 31.8 Å². The van der Waals surface area contributed by atoms with E-state index in [-0.39, 0.29) is 17.9 Å². The third-order valence-electron chi connectivity index (χ3n) is 4.35. The molecule has 0 bridgehead atoms. The van der Waals surface area contributed by atoms with Crippen molar-refractivity contribution in [3.05, 3.63) is 35.4 Å². The Hall–Kier alpha value is -1.72. The first-order chi connectivity index (χ1) is 10.0. The fraction of sp³-hybridized carbons (Fsp3) is 0.500. The highest BCUT2D eigenvalue weighted by Gasteiger charge is 2.47. The van der Waals surface area contributed by atoms with E-state index in [2.05, 4.69) is 0 Å². The van der Waals surface area contributed by atoms with Crippen LogP contribution in [0.3, 0.4) is 0 Å². The summed E-state index contributed by atoms with van der Waals surface area (Å²) in [5.74, 6) is -0.422. The number of fused-ring (bicyclic) bond motifs is 1. The van der Waals surface area contributed by atoms with Crippen LogP contribution in [0.2, 0.25) is 0 Å². The molecule has 2 aliphatic heterocycles. The first-order valence-corrected chi connectivity index (χ1v) is 7.15. The Labute approximate surface area is 123 Å². The maximum atomic E-state index is 12.7. The molecular weight excluding hydrogens is 270 g/mol. The average molecular weight is 289 g/mol. The summed E-state index contributed by atoms with van der Waals surface area (Å²) in [4.78, 5) is 26.2. The van der Waals surface area contributed by atoms with Crippen LogP contribution in [0.1, 0.15) is 29.3 Å². The zero-order valence-electron chi connectivity index (χ0n) is 12.3. The molecule has 2 amide bonds. The van der Waals surface area contributed by atoms with Gasteiger partial charge in [-0.05, 0) is 25.0 Å². The van der Waals surface area contributed by atoms with Crippen molar-refractivity contribution in [1.29, 1.82) is 0 Å². The third-order valence-corrected chi connectivity index (χ3v) is 4.35. The summed E-state index contributed by atoms with van der Waals surface area (Å²) in [5.41, 5.74) is 0.621. The van der Waals surface area contributed by atoms with E-state index in [4.69, 9.17) is 9.47 Å². The molecule has 1 aromatic rings. The largest absolute Gasteiger partial charge is 0.376 e. The second kappa shape index (κ2) is 5.24. The number of rotatable bonds is 2. The second-order valence-corrected chi connectivity index (χ2v) is 5.82. The number of benzene rings is 1. The van der Waals surface area contributed by atoms with Crippen molar-refractivity contribution in [2.24, 2.45) is 0 Å². The normalized spacial score (nSPS) is 29.4. The third kappa shape index (κ3) is 2.26. The number of ether oxygens (including phenoxy) is 2. The second-order valence-electron chi connectivity index (χ2n) is 5.82. The van der Waals surface area contributed by atoms with Crippen molar-refractivity contribution < 1.29 is 19.1 Å². The van der Waals surface area contributed by atoms with Gasteiger partial charge in [0, 0.05) is 12.6 Å². The van der Waals surface area contributed by atoms with Crippen LogP contribution >= 0.6 is 0 Å². The maximum Gasteiger partial charge on any atom is 0.260 e. The van der Waals surface area contributed by atoms with Gasteiger partial charge in [0.25, 0.3) is 5.91 Å². The van der Waals surface area contributed by atoms with Crippen LogP contribution < -0.4 is 0 Å². The van der Waals surface area contributed by atoms with Gasteiger partial charge >= 0.3 is 0 Å². The van der Waals surface area contributed by atoms with Crippen molar-refractivity contribution in [3.63, 3.8) is 0 Å². The van der Waals surface area contributed by atoms with Crippen LogP contribution in [0, 0.1) is 0 Å². The Bertz CT molecular complexity index is 579. The molecule has 2 atom stereocenters. The van der Waals surface area contributed by atoms with Gasteiger partial charge in [-0.1, -0.05) is 18.2 Å². The van der Waals surface area contributed by atoms with Crippen LogP contribution in [0.15, 0.2) is 24.3 Å². The first kappa shape index (κ1) is 14.2. The predicted octanol–water partition coefficient (Wildman–Crippen LogP) is 1.36. The summed E-state index contributed by atoms with van der Waals surface area (Å²) in [6, 6.07) is 7.32. The molecule has 3 rings (SSSR count). The summed E-state index contributed by atoms with van der Waals surface area (Å²) in [7, 11) is 1.54. The monoisotopic (exact) mass is 289 g/mol. The molecule has 21 heavy (non-hydrogen) atoms. The van der Waals surface area contributed by atoms with Crippen LogP contribution in [0.25, 0.3) is 0 Å². The van der Waals surface area contributed by atoms with E-state index >= 15 is 0 Å². The molecule has 0 aliphatic carbocycles. The van der Waals surface area contributed by atoms with E-state index in [1.54, 1.807) is 6.07 Å². The van der Waals surface area contributed by atoms with Gasteiger partial charge in [0.1, 0.15) is 0 Å². The van der Waals surface area contributed by atoms with E-state index in [9.17, 15) is 9.59 Å². The van der Waals surface area contributed by atoms with E-state index in [1.807, 2.05) is 25.1 Å². The predicted molar refractivity (Wildman–Crippen MR) is 76.1 cm³/mol. The summed E-state index contributed by atoms with van der Waals surface area (Å²) in [5, 5.41) is 0. The first-order valence-electron chi connectivity index (χ1n) is 7.15.